The predicted octanol–water partition coefficient (Wildman–Crippen LogP) is 2.12. The zero-order valence-electron chi connectivity index (χ0n) is 8.05. The fraction of sp³-hybridized carbons (Fsp3) is 0.333. The maximum absolute atomic E-state index is 13.0. The molecule has 0 N–H and O–H groups in total. The van der Waals surface area contributed by atoms with Crippen LogP contribution in [0.25, 0.3) is 0 Å². The van der Waals surface area contributed by atoms with Gasteiger partial charge in [0.2, 0.25) is 5.95 Å². The number of esters is 1. The highest BCUT2D eigenvalue weighted by Crippen LogP contribution is 2.28. The van der Waals surface area contributed by atoms with Crippen LogP contribution in [0.15, 0.2) is 12.1 Å². The van der Waals surface area contributed by atoms with Gasteiger partial charge in [0.05, 0.1) is 12.7 Å². The Morgan fingerprint density at radius 2 is 2.07 bits per heavy atom. The number of carbonyl (C=O) groups is 1. The first kappa shape index (κ1) is 11.5. The molecule has 1 heterocycles. The Morgan fingerprint density at radius 1 is 1.47 bits per heavy atom. The van der Waals surface area contributed by atoms with E-state index in [-0.39, 0.29) is 5.69 Å². The smallest absolute Gasteiger partial charge is 0.356 e. The summed E-state index contributed by atoms with van der Waals surface area (Å²) in [5.74, 6) is -5.57. The van der Waals surface area contributed by atoms with Crippen LogP contribution in [-0.2, 0) is 10.7 Å². The highest BCUT2D eigenvalue weighted by Gasteiger charge is 2.29. The van der Waals surface area contributed by atoms with Gasteiger partial charge in [-0.3, -0.25) is 0 Å². The molecule has 0 saturated heterocycles. The molecule has 0 aliphatic heterocycles. The van der Waals surface area contributed by atoms with Gasteiger partial charge >= 0.3 is 5.97 Å². The minimum absolute atomic E-state index is 0.344. The molecule has 0 radical (unpaired) electrons. The lowest BCUT2D eigenvalue weighted by Gasteiger charge is -2.10. The van der Waals surface area contributed by atoms with Crippen molar-refractivity contribution in [1.29, 1.82) is 0 Å². The summed E-state index contributed by atoms with van der Waals surface area (Å²) in [4.78, 5) is 14.0. The van der Waals surface area contributed by atoms with Crippen LogP contribution >= 0.6 is 0 Å². The van der Waals surface area contributed by atoms with Gasteiger partial charge < -0.3 is 4.74 Å². The average molecular weight is 219 g/mol. The van der Waals surface area contributed by atoms with E-state index < -0.39 is 23.4 Å². The van der Waals surface area contributed by atoms with Crippen LogP contribution in [-0.4, -0.2) is 18.1 Å². The summed E-state index contributed by atoms with van der Waals surface area (Å²) in [6.07, 6.45) is 0. The molecular weight excluding hydrogens is 211 g/mol. The Hall–Kier alpha value is -1.59. The summed E-state index contributed by atoms with van der Waals surface area (Å²) < 4.78 is 42.8. The molecule has 0 fully saturated rings. The summed E-state index contributed by atoms with van der Waals surface area (Å²) in [7, 11) is 1.09. The lowest BCUT2D eigenvalue weighted by Crippen LogP contribution is -2.14. The van der Waals surface area contributed by atoms with Crippen LogP contribution in [0, 0.1) is 5.95 Å². The van der Waals surface area contributed by atoms with E-state index in [4.69, 9.17) is 0 Å². The Balaban J connectivity index is 3.15. The van der Waals surface area contributed by atoms with Crippen molar-refractivity contribution in [2.45, 2.75) is 12.8 Å². The maximum atomic E-state index is 13.0. The van der Waals surface area contributed by atoms with E-state index in [0.717, 1.165) is 19.2 Å². The number of carbonyl (C=O) groups excluding carboxylic acids is 1. The normalized spacial score (nSPS) is 11.3. The van der Waals surface area contributed by atoms with Crippen molar-refractivity contribution in [3.8, 4) is 0 Å². The summed E-state index contributed by atoms with van der Waals surface area (Å²) in [5.41, 5.74) is -1.20. The average Bonchev–Trinajstić information content (AvgIpc) is 2.14. The maximum Gasteiger partial charge on any atom is 0.356 e. The topological polar surface area (TPSA) is 39.2 Å². The van der Waals surface area contributed by atoms with E-state index in [0.29, 0.717) is 6.92 Å². The second kappa shape index (κ2) is 3.88. The van der Waals surface area contributed by atoms with Crippen LogP contribution in [0.1, 0.15) is 23.0 Å². The number of halogens is 3. The van der Waals surface area contributed by atoms with E-state index in [1.165, 1.54) is 0 Å². The summed E-state index contributed by atoms with van der Waals surface area (Å²) in [5, 5.41) is 0. The second-order valence-corrected chi connectivity index (χ2v) is 2.91. The Kier molecular flexibility index (Phi) is 2.97. The second-order valence-electron chi connectivity index (χ2n) is 2.91. The van der Waals surface area contributed by atoms with E-state index in [1.54, 1.807) is 0 Å². The summed E-state index contributed by atoms with van der Waals surface area (Å²) in [6.45, 7) is 0.547. The van der Waals surface area contributed by atoms with Gasteiger partial charge in [0, 0.05) is 6.92 Å². The molecule has 82 valence electrons. The molecule has 0 amide bonds. The molecule has 6 heteroatoms. The van der Waals surface area contributed by atoms with Crippen molar-refractivity contribution < 1.29 is 22.7 Å². The minimum atomic E-state index is -3.33. The van der Waals surface area contributed by atoms with E-state index >= 15 is 0 Å². The fourth-order valence-corrected chi connectivity index (χ4v) is 0.980. The van der Waals surface area contributed by atoms with Gasteiger partial charge in [0.25, 0.3) is 5.92 Å². The van der Waals surface area contributed by atoms with Crippen molar-refractivity contribution in [2.24, 2.45) is 0 Å². The van der Waals surface area contributed by atoms with E-state index in [9.17, 15) is 18.0 Å². The number of pyridine rings is 1. The largest absolute Gasteiger partial charge is 0.464 e. The Bertz CT molecular complexity index is 387. The van der Waals surface area contributed by atoms with Crippen molar-refractivity contribution in [2.75, 3.05) is 7.11 Å². The molecule has 0 unspecified atom stereocenters. The van der Waals surface area contributed by atoms with Gasteiger partial charge in [0.15, 0.2) is 5.69 Å². The van der Waals surface area contributed by atoms with Crippen LogP contribution in [0.4, 0.5) is 13.2 Å². The fourth-order valence-electron chi connectivity index (χ4n) is 0.980. The van der Waals surface area contributed by atoms with Crippen LogP contribution in [0.2, 0.25) is 0 Å². The number of methoxy groups -OCH3 is 1. The molecule has 1 aromatic heterocycles. The number of hydrogen-bond donors (Lipinski definition) is 0. The van der Waals surface area contributed by atoms with Crippen molar-refractivity contribution >= 4 is 5.97 Å². The molecule has 0 bridgehead atoms. The van der Waals surface area contributed by atoms with Crippen molar-refractivity contribution in [3.63, 3.8) is 0 Å². The molecule has 0 saturated carbocycles. The molecule has 0 aliphatic carbocycles. The van der Waals surface area contributed by atoms with E-state index in [2.05, 4.69) is 9.72 Å². The minimum Gasteiger partial charge on any atom is -0.464 e. The monoisotopic (exact) mass is 219 g/mol. The molecule has 0 atom stereocenters. The zero-order valence-corrected chi connectivity index (χ0v) is 8.05. The first-order valence-corrected chi connectivity index (χ1v) is 3.99. The number of ether oxygens (including phenoxy) is 1. The Morgan fingerprint density at radius 3 is 2.47 bits per heavy atom. The molecule has 15 heavy (non-hydrogen) atoms. The highest BCUT2D eigenvalue weighted by atomic mass is 19.3. The van der Waals surface area contributed by atoms with Gasteiger partial charge in [0.1, 0.15) is 0 Å². The first-order valence-electron chi connectivity index (χ1n) is 3.99. The van der Waals surface area contributed by atoms with Gasteiger partial charge in [-0.1, -0.05) is 0 Å². The first-order chi connectivity index (χ1) is 6.86. The molecule has 0 aliphatic rings. The van der Waals surface area contributed by atoms with Crippen LogP contribution < -0.4 is 0 Å². The lowest BCUT2D eigenvalue weighted by atomic mass is 10.1. The number of rotatable bonds is 2. The third kappa shape index (κ3) is 2.45. The van der Waals surface area contributed by atoms with Gasteiger partial charge in [-0.15, -0.1) is 0 Å². The van der Waals surface area contributed by atoms with Gasteiger partial charge in [-0.2, -0.15) is 4.39 Å². The number of alkyl halides is 2. The zero-order chi connectivity index (χ0) is 11.6. The van der Waals surface area contributed by atoms with E-state index in [1.807, 2.05) is 0 Å². The lowest BCUT2D eigenvalue weighted by molar-refractivity contribution is 0.0127. The summed E-state index contributed by atoms with van der Waals surface area (Å²) in [6, 6.07) is 1.80. The third-order valence-electron chi connectivity index (χ3n) is 1.72. The number of aromatic nitrogens is 1. The number of nitrogens with zero attached hydrogens (tertiary/aromatic N) is 1. The van der Waals surface area contributed by atoms with Crippen LogP contribution in [0.5, 0.6) is 0 Å². The third-order valence-corrected chi connectivity index (χ3v) is 1.72. The SMILES string of the molecule is COC(=O)c1ccc(C(C)(F)F)c(F)n1. The molecular formula is C9H8F3NO2. The molecule has 3 nitrogen and oxygen atoms in total. The van der Waals surface area contributed by atoms with Crippen molar-refractivity contribution in [3.05, 3.63) is 29.3 Å². The quantitative estimate of drug-likeness (QED) is 0.565. The highest BCUT2D eigenvalue weighted by molar-refractivity contribution is 5.87. The Labute approximate surface area is 83.9 Å². The predicted molar refractivity (Wildman–Crippen MR) is 45.1 cm³/mol. The molecule has 0 aromatic carbocycles. The van der Waals surface area contributed by atoms with Gasteiger partial charge in [-0.25, -0.2) is 18.6 Å². The van der Waals surface area contributed by atoms with Crippen molar-refractivity contribution in [1.82, 2.24) is 4.98 Å². The number of hydrogen-bond acceptors (Lipinski definition) is 3. The van der Waals surface area contributed by atoms with Crippen LogP contribution in [0.3, 0.4) is 0 Å². The molecule has 1 rings (SSSR count). The summed E-state index contributed by atoms with van der Waals surface area (Å²) >= 11 is 0. The standard InChI is InChI=1S/C9H8F3NO2/c1-9(11,12)5-3-4-6(8(14)15-2)13-7(5)10/h3-4H,1-2H3. The molecule has 0 spiro atoms. The van der Waals surface area contributed by atoms with Gasteiger partial charge in [-0.05, 0) is 12.1 Å². The molecule has 1 aromatic rings.